The number of nitrogens with zero attached hydrogens (tertiary/aromatic N) is 1. The zero-order valence-corrected chi connectivity index (χ0v) is 13.6. The first-order chi connectivity index (χ1) is 10.2. The summed E-state index contributed by atoms with van der Waals surface area (Å²) in [5.74, 6) is 0. The van der Waals surface area contributed by atoms with Crippen LogP contribution >= 0.6 is 0 Å². The molecule has 0 aliphatic carbocycles. The monoisotopic (exact) mass is 282 g/mol. The van der Waals surface area contributed by atoms with E-state index in [9.17, 15) is 0 Å². The van der Waals surface area contributed by atoms with E-state index >= 15 is 0 Å². The highest BCUT2D eigenvalue weighted by atomic mass is 15.1. The van der Waals surface area contributed by atoms with E-state index in [4.69, 9.17) is 0 Å². The Kier molecular flexibility index (Phi) is 5.40. The van der Waals surface area contributed by atoms with Crippen LogP contribution in [-0.2, 0) is 0 Å². The number of hydrogen-bond acceptors (Lipinski definition) is 2. The first-order valence-corrected chi connectivity index (χ1v) is 7.81. The molecule has 2 aromatic rings. The van der Waals surface area contributed by atoms with Gasteiger partial charge in [0.2, 0.25) is 0 Å². The quantitative estimate of drug-likeness (QED) is 0.817. The molecule has 2 aromatic carbocycles. The summed E-state index contributed by atoms with van der Waals surface area (Å²) in [5.41, 5.74) is 5.20. The number of anilines is 2. The normalized spacial score (nSPS) is 12.2. The number of benzene rings is 2. The lowest BCUT2D eigenvalue weighted by Crippen LogP contribution is -2.18. The summed E-state index contributed by atoms with van der Waals surface area (Å²) in [4.78, 5) is 2.36. The molecule has 0 heterocycles. The molecule has 0 saturated heterocycles. The molecule has 0 radical (unpaired) electrons. The Morgan fingerprint density at radius 2 is 1.67 bits per heavy atom. The molecule has 0 aliphatic heterocycles. The summed E-state index contributed by atoms with van der Waals surface area (Å²) in [5, 5.41) is 3.36. The molecule has 0 spiro atoms. The second-order valence-corrected chi connectivity index (χ2v) is 5.37. The zero-order chi connectivity index (χ0) is 15.2. The summed E-state index contributed by atoms with van der Waals surface area (Å²) in [6, 6.07) is 17.9. The van der Waals surface area contributed by atoms with Gasteiger partial charge >= 0.3 is 0 Å². The number of nitrogens with one attached hydrogen (secondary N) is 1. The summed E-state index contributed by atoms with van der Waals surface area (Å²) in [6.07, 6.45) is 1.10. The van der Waals surface area contributed by atoms with Crippen LogP contribution < -0.4 is 10.2 Å². The van der Waals surface area contributed by atoms with Crippen molar-refractivity contribution in [1.82, 2.24) is 5.32 Å². The van der Waals surface area contributed by atoms with Gasteiger partial charge in [-0.1, -0.05) is 37.3 Å². The second kappa shape index (κ2) is 7.28. The third kappa shape index (κ3) is 3.45. The van der Waals surface area contributed by atoms with Crippen molar-refractivity contribution >= 4 is 11.4 Å². The van der Waals surface area contributed by atoms with E-state index in [1.807, 2.05) is 7.05 Å². The van der Waals surface area contributed by atoms with Crippen LogP contribution in [0.25, 0.3) is 0 Å². The SMILES string of the molecule is CCC(NC)c1ccc(N(CC)c2ccccc2C)cc1. The van der Waals surface area contributed by atoms with Crippen molar-refractivity contribution in [1.29, 1.82) is 0 Å². The van der Waals surface area contributed by atoms with Crippen molar-refractivity contribution in [2.45, 2.75) is 33.2 Å². The summed E-state index contributed by atoms with van der Waals surface area (Å²) in [7, 11) is 2.02. The van der Waals surface area contributed by atoms with Gasteiger partial charge < -0.3 is 10.2 Å². The number of aryl methyl sites for hydroxylation is 1. The van der Waals surface area contributed by atoms with Crippen molar-refractivity contribution < 1.29 is 0 Å². The van der Waals surface area contributed by atoms with Crippen LogP contribution in [0.4, 0.5) is 11.4 Å². The first kappa shape index (κ1) is 15.6. The molecular formula is C19H26N2. The molecule has 2 rings (SSSR count). The van der Waals surface area contributed by atoms with E-state index in [0.717, 1.165) is 13.0 Å². The Bertz CT molecular complexity index is 556. The molecule has 0 aromatic heterocycles. The molecule has 2 heteroatoms. The van der Waals surface area contributed by atoms with Crippen LogP contribution in [0.1, 0.15) is 37.4 Å². The van der Waals surface area contributed by atoms with E-state index in [1.165, 1.54) is 22.5 Å². The van der Waals surface area contributed by atoms with E-state index in [0.29, 0.717) is 6.04 Å². The van der Waals surface area contributed by atoms with Crippen LogP contribution in [0.15, 0.2) is 48.5 Å². The highest BCUT2D eigenvalue weighted by molar-refractivity contribution is 5.66. The molecule has 1 atom stereocenters. The van der Waals surface area contributed by atoms with Gasteiger partial charge in [0.15, 0.2) is 0 Å². The fourth-order valence-corrected chi connectivity index (χ4v) is 2.85. The van der Waals surface area contributed by atoms with Gasteiger partial charge in [-0.15, -0.1) is 0 Å². The van der Waals surface area contributed by atoms with E-state index in [-0.39, 0.29) is 0 Å². The average Bonchev–Trinajstić information content (AvgIpc) is 2.52. The second-order valence-electron chi connectivity index (χ2n) is 5.37. The Hall–Kier alpha value is -1.80. The van der Waals surface area contributed by atoms with Crippen molar-refractivity contribution in [3.05, 3.63) is 59.7 Å². The van der Waals surface area contributed by atoms with E-state index < -0.39 is 0 Å². The van der Waals surface area contributed by atoms with Crippen molar-refractivity contribution in [3.63, 3.8) is 0 Å². The van der Waals surface area contributed by atoms with E-state index in [1.54, 1.807) is 0 Å². The van der Waals surface area contributed by atoms with Gasteiger partial charge in [0, 0.05) is 24.0 Å². The topological polar surface area (TPSA) is 15.3 Å². The van der Waals surface area contributed by atoms with Crippen molar-refractivity contribution in [3.8, 4) is 0 Å². The minimum atomic E-state index is 0.438. The molecule has 0 bridgehead atoms. The van der Waals surface area contributed by atoms with Crippen LogP contribution in [0.2, 0.25) is 0 Å². The van der Waals surface area contributed by atoms with Crippen LogP contribution in [-0.4, -0.2) is 13.6 Å². The molecule has 2 nitrogen and oxygen atoms in total. The molecule has 21 heavy (non-hydrogen) atoms. The van der Waals surface area contributed by atoms with Crippen molar-refractivity contribution in [2.75, 3.05) is 18.5 Å². The van der Waals surface area contributed by atoms with Gasteiger partial charge in [0.1, 0.15) is 0 Å². The highest BCUT2D eigenvalue weighted by Gasteiger charge is 2.11. The van der Waals surface area contributed by atoms with Crippen LogP contribution in [0.3, 0.4) is 0 Å². The van der Waals surface area contributed by atoms with Gasteiger partial charge in [-0.05, 0) is 56.6 Å². The Labute approximate surface area is 128 Å². The minimum absolute atomic E-state index is 0.438. The lowest BCUT2D eigenvalue weighted by molar-refractivity contribution is 0.577. The number of rotatable bonds is 6. The average molecular weight is 282 g/mol. The standard InChI is InChI=1S/C19H26N2/c1-5-18(20-4)16-11-13-17(14-12-16)21(6-2)19-10-8-7-9-15(19)3/h7-14,18,20H,5-6H2,1-4H3. The van der Waals surface area contributed by atoms with Gasteiger partial charge in [-0.2, -0.15) is 0 Å². The molecule has 0 saturated carbocycles. The lowest BCUT2D eigenvalue weighted by atomic mass is 10.0. The van der Waals surface area contributed by atoms with Gasteiger partial charge in [-0.3, -0.25) is 0 Å². The molecule has 0 amide bonds. The molecule has 0 fully saturated rings. The fraction of sp³-hybridized carbons (Fsp3) is 0.368. The van der Waals surface area contributed by atoms with Gasteiger partial charge in [0.25, 0.3) is 0 Å². The molecule has 0 aliphatic rings. The molecule has 1 unspecified atom stereocenters. The Morgan fingerprint density at radius 1 is 1.00 bits per heavy atom. The van der Waals surface area contributed by atoms with Crippen LogP contribution in [0.5, 0.6) is 0 Å². The fourth-order valence-electron chi connectivity index (χ4n) is 2.85. The van der Waals surface area contributed by atoms with Crippen LogP contribution in [0, 0.1) is 6.92 Å². The highest BCUT2D eigenvalue weighted by Crippen LogP contribution is 2.29. The number of hydrogen-bond donors (Lipinski definition) is 1. The molecular weight excluding hydrogens is 256 g/mol. The van der Waals surface area contributed by atoms with Gasteiger partial charge in [0.05, 0.1) is 0 Å². The first-order valence-electron chi connectivity index (χ1n) is 7.81. The third-order valence-corrected chi connectivity index (χ3v) is 4.09. The number of para-hydroxylation sites is 1. The van der Waals surface area contributed by atoms with Crippen molar-refractivity contribution in [2.24, 2.45) is 0 Å². The summed E-state index contributed by atoms with van der Waals surface area (Å²) >= 11 is 0. The maximum Gasteiger partial charge on any atom is 0.0440 e. The zero-order valence-electron chi connectivity index (χ0n) is 13.6. The molecule has 1 N–H and O–H groups in total. The summed E-state index contributed by atoms with van der Waals surface area (Å²) < 4.78 is 0. The smallest absolute Gasteiger partial charge is 0.0440 e. The van der Waals surface area contributed by atoms with Gasteiger partial charge in [-0.25, -0.2) is 0 Å². The maximum absolute atomic E-state index is 3.36. The predicted octanol–water partition coefficient (Wildman–Crippen LogP) is 4.82. The minimum Gasteiger partial charge on any atom is -0.342 e. The van der Waals surface area contributed by atoms with E-state index in [2.05, 4.69) is 79.5 Å². The third-order valence-electron chi connectivity index (χ3n) is 4.09. The Morgan fingerprint density at radius 3 is 2.19 bits per heavy atom. The predicted molar refractivity (Wildman–Crippen MR) is 92.4 cm³/mol. The lowest BCUT2D eigenvalue weighted by Gasteiger charge is -2.26. The summed E-state index contributed by atoms with van der Waals surface area (Å²) in [6.45, 7) is 7.54. The molecule has 112 valence electrons. The largest absolute Gasteiger partial charge is 0.342 e. The Balaban J connectivity index is 2.30. The maximum atomic E-state index is 3.36.